The number of pyridine rings is 2. The van der Waals surface area contributed by atoms with Gasteiger partial charge in [0.1, 0.15) is 5.75 Å². The molecule has 10 aromatic rings. The van der Waals surface area contributed by atoms with Crippen LogP contribution in [0.1, 0.15) is 52.7 Å². The van der Waals surface area contributed by atoms with Crippen LogP contribution in [0.4, 0.5) is 5.69 Å². The van der Waals surface area contributed by atoms with Crippen molar-refractivity contribution in [2.75, 3.05) is 0 Å². The number of hydrogen-bond donors (Lipinski definition) is 1. The minimum absolute atomic E-state index is 0. The van der Waals surface area contributed by atoms with Gasteiger partial charge >= 0.3 is 0 Å². The van der Waals surface area contributed by atoms with Crippen LogP contribution in [-0.4, -0.2) is 19.6 Å². The van der Waals surface area contributed by atoms with Gasteiger partial charge in [0.2, 0.25) is 0 Å². The predicted molar refractivity (Wildman–Crippen MR) is 273 cm³/mol. The summed E-state index contributed by atoms with van der Waals surface area (Å²) in [6.07, 6.45) is 1.88. The fraction of sp³-hybridized carbons (Fsp3) is 0.131. The van der Waals surface area contributed by atoms with Crippen molar-refractivity contribution in [3.8, 4) is 78.6 Å². The summed E-state index contributed by atoms with van der Waals surface area (Å²) < 4.78 is 2.36. The SMILES string of the molecule is [C-]#[N+]c1ccc(-c2ccc(-n3c4ccccc4c4cccc(-c5ccnc(-c6[c-]c(-c7cc(-c8cc(C(C)(C)C)cc(C(C)(C)C)c8)cc(-c8ccccc8O)n7)ccc6)c5)c43)cc2)cc1.[Pt]. The monoisotopic (exact) mass is 1050 g/mol. The fourth-order valence-electron chi connectivity index (χ4n) is 8.89. The summed E-state index contributed by atoms with van der Waals surface area (Å²) >= 11 is 0. The van der Waals surface area contributed by atoms with Gasteiger partial charge in [-0.15, -0.1) is 24.3 Å². The molecule has 1 N–H and O–H groups in total. The van der Waals surface area contributed by atoms with Crippen LogP contribution in [0, 0.1) is 12.6 Å². The van der Waals surface area contributed by atoms with Crippen LogP contribution < -0.4 is 0 Å². The molecular weight excluding hydrogens is 1000 g/mol. The Bertz CT molecular complexity index is 3480. The average molecular weight is 1050 g/mol. The van der Waals surface area contributed by atoms with E-state index in [1.165, 1.54) is 21.9 Å². The van der Waals surface area contributed by atoms with E-state index in [2.05, 4.69) is 172 Å². The van der Waals surface area contributed by atoms with Gasteiger partial charge < -0.3 is 9.67 Å². The molecule has 0 spiro atoms. The molecule has 10 rings (SSSR count). The van der Waals surface area contributed by atoms with Gasteiger partial charge in [-0.25, -0.2) is 4.85 Å². The number of nitrogens with zero attached hydrogens (tertiary/aromatic N) is 4. The Balaban J connectivity index is 0.00000562. The zero-order valence-corrected chi connectivity index (χ0v) is 40.6. The summed E-state index contributed by atoms with van der Waals surface area (Å²) in [6.45, 7) is 20.9. The van der Waals surface area contributed by atoms with E-state index in [0.29, 0.717) is 16.9 Å². The molecule has 0 bridgehead atoms. The molecule has 0 aliphatic rings. The van der Waals surface area contributed by atoms with Crippen molar-refractivity contribution in [1.29, 1.82) is 0 Å². The Hall–Kier alpha value is -7.38. The summed E-state index contributed by atoms with van der Waals surface area (Å²) in [5, 5.41) is 13.4. The Morgan fingerprint density at radius 2 is 1.09 bits per heavy atom. The van der Waals surface area contributed by atoms with Crippen molar-refractivity contribution >= 4 is 27.5 Å². The molecule has 67 heavy (non-hydrogen) atoms. The Morgan fingerprint density at radius 1 is 0.522 bits per heavy atom. The molecule has 0 saturated carbocycles. The van der Waals surface area contributed by atoms with Crippen molar-refractivity contribution in [3.05, 3.63) is 211 Å². The van der Waals surface area contributed by atoms with Crippen molar-refractivity contribution < 1.29 is 26.2 Å². The van der Waals surface area contributed by atoms with Crippen molar-refractivity contribution in [2.24, 2.45) is 0 Å². The van der Waals surface area contributed by atoms with Crippen molar-refractivity contribution in [3.63, 3.8) is 0 Å². The first-order valence-electron chi connectivity index (χ1n) is 22.4. The maximum absolute atomic E-state index is 11.1. The molecule has 0 amide bonds. The number of phenols is 1. The summed E-state index contributed by atoms with van der Waals surface area (Å²) in [4.78, 5) is 13.7. The molecular formula is C61H49N4OPt-. The van der Waals surface area contributed by atoms with Crippen LogP contribution in [-0.2, 0) is 31.9 Å². The number of benzene rings is 7. The molecule has 7 aromatic carbocycles. The summed E-state index contributed by atoms with van der Waals surface area (Å²) in [6, 6.07) is 64.2. The summed E-state index contributed by atoms with van der Waals surface area (Å²) in [7, 11) is 0. The standard InChI is InChI=1S/C61H49N4O.Pt/c1-60(2,3)46-33-44(34-47(38-46)61(4,5)6)45-36-55(64-56(37-45)53-17-9-11-21-58(53)66)43-15-12-14-42(32-43)54-35-41(30-31-63-54)50-18-13-19-52-51-16-8-10-20-57(51)65(59(50)52)49-28-24-40(25-29-49)39-22-26-48(62-7)27-23-39;/h8-31,33-38,66H,1-6H3;/q-1;. The zero-order chi connectivity index (χ0) is 45.7. The normalized spacial score (nSPS) is 11.7. The largest absolute Gasteiger partial charge is 0.507 e. The molecule has 0 aliphatic heterocycles. The van der Waals surface area contributed by atoms with Crippen LogP contribution in [0.5, 0.6) is 5.75 Å². The van der Waals surface area contributed by atoms with Gasteiger partial charge in [0.05, 0.1) is 23.3 Å². The maximum atomic E-state index is 11.1. The summed E-state index contributed by atoms with van der Waals surface area (Å²) in [5.74, 6) is 0.181. The number of phenolic OH excluding ortho intramolecular Hbond substituents is 1. The van der Waals surface area contributed by atoms with Crippen LogP contribution >= 0.6 is 0 Å². The smallest absolute Gasteiger partial charge is 0.187 e. The third kappa shape index (κ3) is 8.74. The van der Waals surface area contributed by atoms with E-state index >= 15 is 0 Å². The van der Waals surface area contributed by atoms with Crippen molar-refractivity contribution in [2.45, 2.75) is 52.4 Å². The molecule has 330 valence electrons. The van der Waals surface area contributed by atoms with Crippen LogP contribution in [0.15, 0.2) is 182 Å². The molecule has 0 aliphatic carbocycles. The van der Waals surface area contributed by atoms with E-state index in [-0.39, 0.29) is 37.6 Å². The number of para-hydroxylation sites is 3. The number of aromatic hydroxyl groups is 1. The van der Waals surface area contributed by atoms with E-state index in [9.17, 15) is 5.11 Å². The summed E-state index contributed by atoms with van der Waals surface area (Å²) in [5.41, 5.74) is 17.4. The third-order valence-corrected chi connectivity index (χ3v) is 12.6. The van der Waals surface area contributed by atoms with Gasteiger partial charge in [-0.05, 0) is 92.2 Å². The van der Waals surface area contributed by atoms with E-state index in [4.69, 9.17) is 16.5 Å². The Labute approximate surface area is 407 Å². The number of hydrogen-bond acceptors (Lipinski definition) is 3. The topological polar surface area (TPSA) is 55.3 Å². The van der Waals surface area contributed by atoms with E-state index in [1.54, 1.807) is 6.07 Å². The molecule has 0 unspecified atom stereocenters. The first-order valence-corrected chi connectivity index (χ1v) is 22.4. The van der Waals surface area contributed by atoms with Gasteiger partial charge in [-0.3, -0.25) is 9.97 Å². The Kier molecular flexibility index (Phi) is 11.9. The van der Waals surface area contributed by atoms with E-state index in [1.807, 2.05) is 60.8 Å². The molecule has 3 aromatic heterocycles. The van der Waals surface area contributed by atoms with Gasteiger partial charge in [-0.2, -0.15) is 0 Å². The van der Waals surface area contributed by atoms with Gasteiger partial charge in [0.25, 0.3) is 0 Å². The van der Waals surface area contributed by atoms with Gasteiger partial charge in [0, 0.05) is 66.2 Å². The molecule has 6 heteroatoms. The van der Waals surface area contributed by atoms with Gasteiger partial charge in [-0.1, -0.05) is 168 Å². The first-order chi connectivity index (χ1) is 31.8. The molecule has 5 nitrogen and oxygen atoms in total. The molecule has 0 radical (unpaired) electrons. The second-order valence-electron chi connectivity index (χ2n) is 19.1. The Morgan fingerprint density at radius 3 is 1.78 bits per heavy atom. The second kappa shape index (κ2) is 17.8. The van der Waals surface area contributed by atoms with Crippen molar-refractivity contribution in [1.82, 2.24) is 14.5 Å². The van der Waals surface area contributed by atoms with E-state index in [0.717, 1.165) is 72.6 Å². The van der Waals surface area contributed by atoms with Gasteiger partial charge in [0.15, 0.2) is 5.69 Å². The number of rotatable bonds is 7. The predicted octanol–water partition coefficient (Wildman–Crippen LogP) is 16.2. The molecule has 0 saturated heterocycles. The fourth-order valence-corrected chi connectivity index (χ4v) is 8.89. The van der Waals surface area contributed by atoms with Crippen LogP contribution in [0.2, 0.25) is 0 Å². The number of fused-ring (bicyclic) bond motifs is 3. The van der Waals surface area contributed by atoms with E-state index < -0.39 is 0 Å². The minimum Gasteiger partial charge on any atom is -0.507 e. The molecule has 0 atom stereocenters. The average Bonchev–Trinajstić information content (AvgIpc) is 3.68. The molecule has 0 fully saturated rings. The number of aromatic nitrogens is 3. The van der Waals surface area contributed by atoms with Crippen LogP contribution in [0.25, 0.3) is 99.5 Å². The third-order valence-electron chi connectivity index (χ3n) is 12.6. The van der Waals surface area contributed by atoms with Crippen LogP contribution in [0.3, 0.4) is 0 Å². The maximum Gasteiger partial charge on any atom is 0.187 e. The first kappa shape index (κ1) is 44.8. The minimum atomic E-state index is -0.0571. The molecule has 3 heterocycles. The quantitative estimate of drug-likeness (QED) is 0.162. The second-order valence-corrected chi connectivity index (χ2v) is 19.1. The zero-order valence-electron chi connectivity index (χ0n) is 38.4.